The van der Waals surface area contributed by atoms with Gasteiger partial charge >= 0.3 is 0 Å². The maximum atomic E-state index is 13.6. The van der Waals surface area contributed by atoms with Gasteiger partial charge < -0.3 is 9.47 Å². The summed E-state index contributed by atoms with van der Waals surface area (Å²) < 4.78 is 13.2. The highest BCUT2D eigenvalue weighted by Crippen LogP contribution is 2.42. The van der Waals surface area contributed by atoms with Crippen LogP contribution in [-0.4, -0.2) is 43.5 Å². The van der Waals surface area contributed by atoms with Crippen molar-refractivity contribution in [1.29, 1.82) is 0 Å². The van der Waals surface area contributed by atoms with E-state index in [2.05, 4.69) is 36.1 Å². The summed E-state index contributed by atoms with van der Waals surface area (Å²) in [5.41, 5.74) is 2.69. The van der Waals surface area contributed by atoms with Crippen LogP contribution in [0.15, 0.2) is 72.8 Å². The Morgan fingerprint density at radius 3 is 2.29 bits per heavy atom. The Morgan fingerprint density at radius 1 is 0.842 bits per heavy atom. The highest BCUT2D eigenvalue weighted by Gasteiger charge is 2.21. The van der Waals surface area contributed by atoms with E-state index < -0.39 is 0 Å². The zero-order chi connectivity index (χ0) is 26.2. The normalized spacial score (nSPS) is 14.3. The smallest absolute Gasteiger partial charge is 0.203 e. The molecular weight excluding hydrogens is 490 g/mol. The van der Waals surface area contributed by atoms with Crippen LogP contribution in [0.1, 0.15) is 60.7 Å². The number of rotatable bonds is 11. The molecule has 198 valence electrons. The lowest BCUT2D eigenvalue weighted by Gasteiger charge is -2.19. The summed E-state index contributed by atoms with van der Waals surface area (Å²) in [5, 5.41) is 1.05. The second-order valence-corrected chi connectivity index (χ2v) is 11.0. The van der Waals surface area contributed by atoms with Crippen LogP contribution in [0.25, 0.3) is 21.2 Å². The van der Waals surface area contributed by atoms with E-state index >= 15 is 0 Å². The summed E-state index contributed by atoms with van der Waals surface area (Å²) in [7, 11) is 0. The minimum absolute atomic E-state index is 0.0491. The number of carbonyl (C=O) groups is 1. The fourth-order valence-corrected chi connectivity index (χ4v) is 6.21. The lowest BCUT2D eigenvalue weighted by Crippen LogP contribution is -2.29. The summed E-state index contributed by atoms with van der Waals surface area (Å²) in [6, 6.07) is 23.9. The lowest BCUT2D eigenvalue weighted by atomic mass is 9.98. The first kappa shape index (κ1) is 26.5. The maximum Gasteiger partial charge on any atom is 0.203 e. The van der Waals surface area contributed by atoms with Gasteiger partial charge in [0.2, 0.25) is 5.78 Å². The number of benzene rings is 3. The predicted molar refractivity (Wildman–Crippen MR) is 158 cm³/mol. The molecule has 0 bridgehead atoms. The summed E-state index contributed by atoms with van der Waals surface area (Å²) in [6.45, 7) is 6.87. The molecule has 2 heterocycles. The van der Waals surface area contributed by atoms with Crippen LogP contribution >= 0.6 is 11.3 Å². The van der Waals surface area contributed by atoms with Crippen molar-refractivity contribution >= 4 is 27.2 Å². The second-order valence-electron chi connectivity index (χ2n) is 9.99. The number of hydrogen-bond acceptors (Lipinski definition) is 5. The Morgan fingerprint density at radius 2 is 1.55 bits per heavy atom. The maximum absolute atomic E-state index is 13.6. The molecule has 0 atom stereocenters. The standard InChI is InChI=1S/C33H37NO3S/c1-2-3-22-36-28-17-18-30-29(24-28)31(33(38-30)32(35)26-11-7-6-8-12-26)25-13-15-27(16-14-25)37-23-21-34-19-9-4-5-10-20-34/h6-8,11-18,24H,2-5,9-10,19-23H2,1H3. The highest BCUT2D eigenvalue weighted by molar-refractivity contribution is 7.21. The molecule has 0 radical (unpaired) electrons. The van der Waals surface area contributed by atoms with E-state index in [1.807, 2.05) is 48.5 Å². The third-order valence-electron chi connectivity index (χ3n) is 7.19. The average Bonchev–Trinajstić information content (AvgIpc) is 3.13. The summed E-state index contributed by atoms with van der Waals surface area (Å²) >= 11 is 1.55. The van der Waals surface area contributed by atoms with E-state index in [-0.39, 0.29) is 5.78 Å². The number of thiophene rings is 1. The molecule has 0 unspecified atom stereocenters. The molecule has 5 rings (SSSR count). The quantitative estimate of drug-likeness (QED) is 0.145. The van der Waals surface area contributed by atoms with Crippen molar-refractivity contribution in [3.63, 3.8) is 0 Å². The predicted octanol–water partition coefficient (Wildman–Crippen LogP) is 8.23. The van der Waals surface area contributed by atoms with Crippen LogP contribution in [-0.2, 0) is 0 Å². The van der Waals surface area contributed by atoms with Gasteiger partial charge in [-0.25, -0.2) is 0 Å². The number of fused-ring (bicyclic) bond motifs is 1. The van der Waals surface area contributed by atoms with Crippen molar-refractivity contribution in [3.8, 4) is 22.6 Å². The van der Waals surface area contributed by atoms with Crippen molar-refractivity contribution in [2.75, 3.05) is 32.8 Å². The minimum Gasteiger partial charge on any atom is -0.494 e. The average molecular weight is 528 g/mol. The van der Waals surface area contributed by atoms with E-state index in [0.29, 0.717) is 18.8 Å². The Kier molecular flexibility index (Phi) is 9.11. The molecule has 1 aromatic heterocycles. The van der Waals surface area contributed by atoms with Gasteiger partial charge in [0.1, 0.15) is 18.1 Å². The van der Waals surface area contributed by atoms with Gasteiger partial charge in [0.25, 0.3) is 0 Å². The second kappa shape index (κ2) is 13.1. The zero-order valence-electron chi connectivity index (χ0n) is 22.3. The van der Waals surface area contributed by atoms with Crippen LogP contribution in [0, 0.1) is 0 Å². The Hall–Kier alpha value is -3.15. The van der Waals surface area contributed by atoms with Crippen LogP contribution in [0.2, 0.25) is 0 Å². The van der Waals surface area contributed by atoms with E-state index in [4.69, 9.17) is 9.47 Å². The zero-order valence-corrected chi connectivity index (χ0v) is 23.1. The van der Waals surface area contributed by atoms with Crippen LogP contribution in [0.4, 0.5) is 0 Å². The lowest BCUT2D eigenvalue weighted by molar-refractivity contribution is 0.104. The third-order valence-corrected chi connectivity index (χ3v) is 8.36. The van der Waals surface area contributed by atoms with Gasteiger partial charge in [0.05, 0.1) is 11.5 Å². The molecule has 0 spiro atoms. The van der Waals surface area contributed by atoms with Crippen molar-refractivity contribution < 1.29 is 14.3 Å². The monoisotopic (exact) mass is 527 g/mol. The number of ether oxygens (including phenoxy) is 2. The van der Waals surface area contributed by atoms with E-state index in [1.165, 1.54) is 38.8 Å². The number of carbonyl (C=O) groups excluding carboxylic acids is 1. The van der Waals surface area contributed by atoms with Crippen molar-refractivity contribution in [2.45, 2.75) is 45.4 Å². The van der Waals surface area contributed by atoms with E-state index in [9.17, 15) is 4.79 Å². The Balaban J connectivity index is 1.41. The van der Waals surface area contributed by atoms with Gasteiger partial charge in [-0.1, -0.05) is 68.7 Å². The summed E-state index contributed by atoms with van der Waals surface area (Å²) in [4.78, 5) is 16.9. The van der Waals surface area contributed by atoms with E-state index in [0.717, 1.165) is 57.0 Å². The first-order valence-corrected chi connectivity index (χ1v) is 14.8. The van der Waals surface area contributed by atoms with E-state index in [1.54, 1.807) is 11.3 Å². The minimum atomic E-state index is 0.0491. The molecule has 0 N–H and O–H groups in total. The fraction of sp³-hybridized carbons (Fsp3) is 0.364. The number of likely N-dealkylation sites (tertiary alicyclic amines) is 1. The SMILES string of the molecule is CCCCOc1ccc2sc(C(=O)c3ccccc3)c(-c3ccc(OCCN4CCCCCC4)cc3)c2c1. The highest BCUT2D eigenvalue weighted by atomic mass is 32.1. The van der Waals surface area contributed by atoms with Crippen molar-refractivity contribution in [1.82, 2.24) is 4.90 Å². The number of hydrogen-bond donors (Lipinski definition) is 0. The Bertz CT molecular complexity index is 1320. The van der Waals surface area contributed by atoms with Crippen molar-refractivity contribution in [3.05, 3.63) is 83.2 Å². The fourth-order valence-electron chi connectivity index (χ4n) is 5.04. The van der Waals surface area contributed by atoms with Gasteiger partial charge in [-0.05, 0) is 68.2 Å². The van der Waals surface area contributed by atoms with Gasteiger partial charge in [0, 0.05) is 27.8 Å². The largest absolute Gasteiger partial charge is 0.494 e. The molecule has 38 heavy (non-hydrogen) atoms. The first-order chi connectivity index (χ1) is 18.7. The number of unbranched alkanes of at least 4 members (excludes halogenated alkanes) is 1. The first-order valence-electron chi connectivity index (χ1n) is 14.0. The summed E-state index contributed by atoms with van der Waals surface area (Å²) in [6.07, 6.45) is 7.38. The molecule has 4 aromatic rings. The van der Waals surface area contributed by atoms with Gasteiger partial charge in [-0.2, -0.15) is 0 Å². The summed E-state index contributed by atoms with van der Waals surface area (Å²) in [5.74, 6) is 1.76. The van der Waals surface area contributed by atoms with Crippen LogP contribution < -0.4 is 9.47 Å². The van der Waals surface area contributed by atoms with Gasteiger partial charge in [-0.15, -0.1) is 11.3 Å². The topological polar surface area (TPSA) is 38.8 Å². The molecule has 3 aromatic carbocycles. The Labute approximate surface area is 230 Å². The number of nitrogens with zero attached hydrogens (tertiary/aromatic N) is 1. The molecule has 0 amide bonds. The molecular formula is C33H37NO3S. The molecule has 5 heteroatoms. The molecule has 1 saturated heterocycles. The van der Waals surface area contributed by atoms with Gasteiger partial charge in [0.15, 0.2) is 0 Å². The van der Waals surface area contributed by atoms with Crippen molar-refractivity contribution in [2.24, 2.45) is 0 Å². The molecule has 1 aliphatic heterocycles. The molecule has 0 saturated carbocycles. The molecule has 0 aliphatic carbocycles. The number of ketones is 1. The molecule has 1 fully saturated rings. The molecule has 1 aliphatic rings. The van der Waals surface area contributed by atoms with Crippen LogP contribution in [0.3, 0.4) is 0 Å². The third kappa shape index (κ3) is 6.46. The van der Waals surface area contributed by atoms with Crippen LogP contribution in [0.5, 0.6) is 11.5 Å². The molecule has 4 nitrogen and oxygen atoms in total. The van der Waals surface area contributed by atoms with Gasteiger partial charge in [-0.3, -0.25) is 9.69 Å².